The van der Waals surface area contributed by atoms with Crippen molar-refractivity contribution in [1.82, 2.24) is 0 Å². The zero-order valence-corrected chi connectivity index (χ0v) is 15.4. The minimum atomic E-state index is -2.30. The third-order valence-electron chi connectivity index (χ3n) is 5.15. The number of carbonyl (C=O) groups excluding carboxylic acids is 1. The first-order chi connectivity index (χ1) is 10.1. The summed E-state index contributed by atoms with van der Waals surface area (Å²) in [7, 11) is -2.30. The number of benzene rings is 1. The first-order valence-corrected chi connectivity index (χ1v) is 10.6. The summed E-state index contributed by atoms with van der Waals surface area (Å²) >= 11 is 0. The number of rotatable bonds is 6. The maximum Gasteiger partial charge on any atom is 0.410 e. The molecule has 0 spiro atoms. The van der Waals surface area contributed by atoms with Crippen LogP contribution in [0.3, 0.4) is 0 Å². The van der Waals surface area contributed by atoms with E-state index in [1.54, 1.807) is 0 Å². The van der Waals surface area contributed by atoms with E-state index in [1.807, 2.05) is 43.4 Å². The van der Waals surface area contributed by atoms with E-state index in [-0.39, 0.29) is 17.0 Å². The Kier molecular flexibility index (Phi) is 5.86. The van der Waals surface area contributed by atoms with Gasteiger partial charge in [-0.3, -0.25) is 0 Å². The van der Waals surface area contributed by atoms with Gasteiger partial charge in [-0.15, -0.1) is 0 Å². The predicted octanol–water partition coefficient (Wildman–Crippen LogP) is 4.08. The van der Waals surface area contributed by atoms with Crippen LogP contribution in [0.4, 0.5) is 0 Å². The molecule has 0 saturated carbocycles. The summed E-state index contributed by atoms with van der Waals surface area (Å²) in [5.74, 6) is -0.149. The molecule has 0 aliphatic carbocycles. The van der Waals surface area contributed by atoms with Gasteiger partial charge in [-0.25, -0.2) is 4.79 Å². The van der Waals surface area contributed by atoms with E-state index >= 15 is 0 Å². The molecule has 4 nitrogen and oxygen atoms in total. The van der Waals surface area contributed by atoms with Crippen molar-refractivity contribution in [1.29, 1.82) is 0 Å². The van der Waals surface area contributed by atoms with E-state index < -0.39 is 14.0 Å². The molecule has 0 aliphatic rings. The normalized spacial score (nSPS) is 12.0. The topological polar surface area (TPSA) is 62.7 Å². The molecule has 0 radical (unpaired) electrons. The molecular weight excluding hydrogens is 292 g/mol. The van der Waals surface area contributed by atoms with E-state index in [4.69, 9.17) is 4.74 Å². The lowest BCUT2D eigenvalue weighted by atomic mass is 9.99. The fourth-order valence-electron chi connectivity index (χ4n) is 2.24. The van der Waals surface area contributed by atoms with Crippen molar-refractivity contribution < 1.29 is 14.3 Å². The highest BCUT2D eigenvalue weighted by Crippen LogP contribution is 2.44. The molecule has 0 N–H and O–H groups in total. The Hall–Kier alpha value is -1.71. The molecule has 0 aliphatic heterocycles. The van der Waals surface area contributed by atoms with Crippen LogP contribution < -0.4 is 0 Å². The van der Waals surface area contributed by atoms with Crippen molar-refractivity contribution in [3.63, 3.8) is 0 Å². The average Bonchev–Trinajstić information content (AvgIpc) is 2.46. The summed E-state index contributed by atoms with van der Waals surface area (Å²) in [5, 5.41) is 0.0995. The third kappa shape index (κ3) is 3.73. The van der Waals surface area contributed by atoms with Crippen molar-refractivity contribution in [2.45, 2.75) is 52.4 Å². The summed E-state index contributed by atoms with van der Waals surface area (Å²) in [6.07, 6.45) is 0. The minimum Gasteiger partial charge on any atom is -0.453 e. The summed E-state index contributed by atoms with van der Waals surface area (Å²) in [5.41, 5.74) is 10.3. The molecular formula is C17H26N2O2Si. The highest BCUT2D eigenvalue weighted by atomic mass is 28.3. The molecule has 1 rings (SSSR count). The van der Waals surface area contributed by atoms with Crippen LogP contribution in [-0.2, 0) is 16.1 Å². The lowest BCUT2D eigenvalue weighted by molar-refractivity contribution is -0.140. The van der Waals surface area contributed by atoms with E-state index in [0.717, 1.165) is 5.56 Å². The highest BCUT2D eigenvalue weighted by molar-refractivity contribution is 7.13. The smallest absolute Gasteiger partial charge is 0.410 e. The fourth-order valence-corrected chi connectivity index (χ4v) is 5.13. The Balaban J connectivity index is 2.92. The summed E-state index contributed by atoms with van der Waals surface area (Å²) in [6, 6.07) is 9.48. The van der Waals surface area contributed by atoms with Crippen molar-refractivity contribution in [2.75, 3.05) is 0 Å². The highest BCUT2D eigenvalue weighted by Gasteiger charge is 2.54. The van der Waals surface area contributed by atoms with E-state index in [1.165, 1.54) is 0 Å². The molecule has 5 heteroatoms. The fraction of sp³-hybridized carbons (Fsp3) is 0.529. The van der Waals surface area contributed by atoms with Gasteiger partial charge < -0.3 is 10.3 Å². The molecule has 0 unspecified atom stereocenters. The van der Waals surface area contributed by atoms with Crippen LogP contribution in [0.25, 0.3) is 5.53 Å². The first kappa shape index (κ1) is 18.3. The number of ether oxygens (including phenoxy) is 1. The van der Waals surface area contributed by atoms with Crippen LogP contribution >= 0.6 is 0 Å². The third-order valence-corrected chi connectivity index (χ3v) is 10.4. The summed E-state index contributed by atoms with van der Waals surface area (Å²) in [6.45, 7) is 12.8. The lowest BCUT2D eigenvalue weighted by Gasteiger charge is -2.38. The Morgan fingerprint density at radius 2 is 1.82 bits per heavy atom. The molecule has 22 heavy (non-hydrogen) atoms. The summed E-state index contributed by atoms with van der Waals surface area (Å²) < 4.78 is 5.35. The second kappa shape index (κ2) is 7.03. The number of hydrogen-bond donors (Lipinski definition) is 0. The molecule has 0 aromatic heterocycles. The first-order valence-electron chi connectivity index (χ1n) is 7.58. The van der Waals surface area contributed by atoms with E-state index in [0.29, 0.717) is 5.92 Å². The largest absolute Gasteiger partial charge is 0.453 e. The van der Waals surface area contributed by atoms with Gasteiger partial charge in [0.15, 0.2) is 0 Å². The molecule has 0 fully saturated rings. The molecule has 0 bridgehead atoms. The molecule has 120 valence electrons. The van der Waals surface area contributed by atoms with Crippen molar-refractivity contribution in [3.05, 3.63) is 41.4 Å². The van der Waals surface area contributed by atoms with Crippen LogP contribution in [0.5, 0.6) is 0 Å². The van der Waals surface area contributed by atoms with Gasteiger partial charge in [-0.1, -0.05) is 71.1 Å². The van der Waals surface area contributed by atoms with Gasteiger partial charge in [0.25, 0.3) is 0 Å². The van der Waals surface area contributed by atoms with Gasteiger partial charge in [0.1, 0.15) is 6.61 Å². The second-order valence-electron chi connectivity index (χ2n) is 7.01. The standard InChI is InChI=1S/C17H26N2O2Si/c1-13(2)17(3,4)22(5,6)15(19-18)16(20)21-12-14-10-8-7-9-11-14/h7-11,13H,12H2,1-6H3. The van der Waals surface area contributed by atoms with Crippen LogP contribution in [0.2, 0.25) is 18.1 Å². The Morgan fingerprint density at radius 1 is 1.27 bits per heavy atom. The van der Waals surface area contributed by atoms with Gasteiger partial charge in [0.2, 0.25) is 8.07 Å². The Labute approximate surface area is 134 Å². The molecule has 0 saturated heterocycles. The van der Waals surface area contributed by atoms with Crippen molar-refractivity contribution in [3.8, 4) is 0 Å². The quantitative estimate of drug-likeness (QED) is 0.261. The van der Waals surface area contributed by atoms with Gasteiger partial charge >= 0.3 is 11.3 Å². The van der Waals surface area contributed by atoms with Gasteiger partial charge in [-0.2, -0.15) is 4.79 Å². The van der Waals surface area contributed by atoms with Crippen LogP contribution in [0.1, 0.15) is 33.3 Å². The summed E-state index contributed by atoms with van der Waals surface area (Å²) in [4.78, 5) is 15.7. The maximum absolute atomic E-state index is 12.4. The van der Waals surface area contributed by atoms with Gasteiger partial charge in [0.05, 0.1) is 0 Å². The second-order valence-corrected chi connectivity index (χ2v) is 12.0. The molecule has 1 aromatic carbocycles. The molecule has 0 amide bonds. The lowest BCUT2D eigenvalue weighted by Crippen LogP contribution is -2.53. The maximum atomic E-state index is 12.4. The zero-order chi connectivity index (χ0) is 17.0. The predicted molar refractivity (Wildman–Crippen MR) is 91.2 cm³/mol. The molecule has 0 heterocycles. The van der Waals surface area contributed by atoms with E-state index in [2.05, 4.69) is 32.5 Å². The Morgan fingerprint density at radius 3 is 2.27 bits per heavy atom. The van der Waals surface area contributed by atoms with Crippen molar-refractivity contribution >= 4 is 19.4 Å². The number of nitrogens with zero attached hydrogens (tertiary/aromatic N) is 2. The van der Waals surface area contributed by atoms with E-state index in [9.17, 15) is 10.3 Å². The van der Waals surface area contributed by atoms with Crippen LogP contribution in [0, 0.1) is 5.92 Å². The van der Waals surface area contributed by atoms with Gasteiger partial charge in [-0.05, 0) is 16.5 Å². The Bertz CT molecular complexity index is 574. The molecule has 1 aromatic rings. The van der Waals surface area contributed by atoms with Crippen molar-refractivity contribution in [2.24, 2.45) is 5.92 Å². The number of carbonyl (C=O) groups is 1. The SMILES string of the molecule is CC(C)C(C)(C)[Si](C)(C)C(=[N+]=[N-])C(=O)OCc1ccccc1. The van der Waals surface area contributed by atoms with Crippen LogP contribution in [0.15, 0.2) is 30.3 Å². The molecule has 0 atom stereocenters. The zero-order valence-electron chi connectivity index (χ0n) is 14.4. The van der Waals surface area contributed by atoms with Gasteiger partial charge in [0, 0.05) is 0 Å². The minimum absolute atomic E-state index is 0.0969. The average molecular weight is 318 g/mol. The monoisotopic (exact) mass is 318 g/mol. The number of esters is 1. The van der Waals surface area contributed by atoms with Crippen LogP contribution in [-0.4, -0.2) is 24.2 Å². The number of hydrogen-bond acceptors (Lipinski definition) is 2.